The van der Waals surface area contributed by atoms with Gasteiger partial charge in [-0.25, -0.2) is 18.6 Å². The number of aliphatic hydroxyl groups is 2. The fraction of sp³-hybridized carbons (Fsp3) is 0.429. The normalized spacial score (nSPS) is 29.5. The molecule has 1 spiro atoms. The van der Waals surface area contributed by atoms with E-state index in [0.29, 0.717) is 16.6 Å². The fourth-order valence-corrected chi connectivity index (χ4v) is 5.52. The molecule has 2 aromatic heterocycles. The maximum atomic E-state index is 14.2. The van der Waals surface area contributed by atoms with Crippen LogP contribution in [0.15, 0.2) is 36.5 Å². The minimum absolute atomic E-state index is 0.0207. The van der Waals surface area contributed by atoms with Gasteiger partial charge in [0.25, 0.3) is 0 Å². The van der Waals surface area contributed by atoms with Gasteiger partial charge in [-0.3, -0.25) is 4.52 Å². The second-order valence-corrected chi connectivity index (χ2v) is 10.4. The molecule has 3 aromatic rings. The number of phosphoric acid groups is 1. The van der Waals surface area contributed by atoms with Crippen LogP contribution in [-0.4, -0.2) is 58.7 Å². The number of benzene rings is 1. The van der Waals surface area contributed by atoms with E-state index in [-0.39, 0.29) is 29.5 Å². The van der Waals surface area contributed by atoms with Crippen LogP contribution in [0.3, 0.4) is 0 Å². The fourth-order valence-electron chi connectivity index (χ4n) is 4.79. The minimum Gasteiger partial charge on any atom is -0.387 e. The molecule has 2 aliphatic rings. The van der Waals surface area contributed by atoms with Gasteiger partial charge >= 0.3 is 7.82 Å². The van der Waals surface area contributed by atoms with Crippen molar-refractivity contribution in [2.24, 2.45) is 0 Å². The first-order valence-corrected chi connectivity index (χ1v) is 12.7. The number of hydrogen-bond acceptors (Lipinski definition) is 8. The summed E-state index contributed by atoms with van der Waals surface area (Å²) >= 11 is 6.25. The van der Waals surface area contributed by atoms with Crippen molar-refractivity contribution in [3.63, 3.8) is 0 Å². The number of nitrogens with zero attached hydrogens (tertiary/aromatic N) is 3. The van der Waals surface area contributed by atoms with Crippen molar-refractivity contribution in [3.8, 4) is 0 Å². The summed E-state index contributed by atoms with van der Waals surface area (Å²) in [6.07, 6.45) is -3.26. The largest absolute Gasteiger partial charge is 0.469 e. The maximum absolute atomic E-state index is 14.2. The Bertz CT molecular complexity index is 1310. The molecular formula is C21H23ClFN4O7P. The third-order valence-corrected chi connectivity index (χ3v) is 7.23. The lowest BCUT2D eigenvalue weighted by Crippen LogP contribution is -2.56. The lowest BCUT2D eigenvalue weighted by molar-refractivity contribution is -0.186. The molecule has 0 bridgehead atoms. The van der Waals surface area contributed by atoms with E-state index in [4.69, 9.17) is 26.1 Å². The predicted molar refractivity (Wildman–Crippen MR) is 122 cm³/mol. The Morgan fingerprint density at radius 2 is 2.06 bits per heavy atom. The summed E-state index contributed by atoms with van der Waals surface area (Å²) in [5.74, 6) is -0.358. The zero-order chi connectivity index (χ0) is 25.1. The second-order valence-electron chi connectivity index (χ2n) is 8.84. The van der Waals surface area contributed by atoms with Gasteiger partial charge in [-0.1, -0.05) is 29.8 Å². The number of fused-ring (bicyclic) bond motifs is 1. The Morgan fingerprint density at radius 1 is 1.34 bits per heavy atom. The number of pyridine rings is 1. The van der Waals surface area contributed by atoms with E-state index < -0.39 is 44.0 Å². The summed E-state index contributed by atoms with van der Waals surface area (Å²) in [6.45, 7) is 1.79. The first-order valence-electron chi connectivity index (χ1n) is 10.8. The van der Waals surface area contributed by atoms with Gasteiger partial charge in [-0.05, 0) is 19.1 Å². The summed E-state index contributed by atoms with van der Waals surface area (Å²) in [5, 5.41) is 29.5. The molecule has 0 radical (unpaired) electrons. The van der Waals surface area contributed by atoms with E-state index in [1.165, 1.54) is 16.9 Å². The Morgan fingerprint density at radius 3 is 2.74 bits per heavy atom. The molecule has 1 saturated heterocycles. The lowest BCUT2D eigenvalue weighted by Gasteiger charge is -2.45. The first kappa shape index (κ1) is 24.5. The molecular weight excluding hydrogens is 506 g/mol. The summed E-state index contributed by atoms with van der Waals surface area (Å²) < 4.78 is 37.2. The number of anilines is 1. The van der Waals surface area contributed by atoms with Crippen LogP contribution in [0.4, 0.5) is 10.1 Å². The van der Waals surface area contributed by atoms with Crippen LogP contribution < -0.4 is 5.32 Å². The van der Waals surface area contributed by atoms with Crippen molar-refractivity contribution in [2.45, 2.75) is 55.9 Å². The van der Waals surface area contributed by atoms with Crippen LogP contribution in [-0.2, 0) is 13.8 Å². The Labute approximate surface area is 203 Å². The molecule has 4 atom stereocenters. The van der Waals surface area contributed by atoms with Crippen molar-refractivity contribution < 1.29 is 38.2 Å². The first-order chi connectivity index (χ1) is 16.5. The number of rotatable bonds is 6. The van der Waals surface area contributed by atoms with Crippen LogP contribution in [0.2, 0.25) is 5.15 Å². The van der Waals surface area contributed by atoms with Crippen LogP contribution in [0, 0.1) is 5.82 Å². The van der Waals surface area contributed by atoms with E-state index in [9.17, 15) is 19.2 Å². The predicted octanol–water partition coefficient (Wildman–Crippen LogP) is 2.66. The van der Waals surface area contributed by atoms with E-state index in [1.807, 2.05) is 0 Å². The summed E-state index contributed by atoms with van der Waals surface area (Å²) in [4.78, 5) is 22.3. The molecule has 3 heterocycles. The van der Waals surface area contributed by atoms with Gasteiger partial charge in [0.2, 0.25) is 0 Å². The van der Waals surface area contributed by atoms with Crippen molar-refractivity contribution in [2.75, 3.05) is 5.32 Å². The van der Waals surface area contributed by atoms with E-state index >= 15 is 0 Å². The molecule has 188 valence electrons. The Hall–Kier alpha value is -2.15. The molecule has 0 amide bonds. The molecule has 5 N–H and O–H groups in total. The topological polar surface area (TPSA) is 159 Å². The lowest BCUT2D eigenvalue weighted by atomic mass is 9.73. The van der Waals surface area contributed by atoms with Gasteiger partial charge in [0.1, 0.15) is 28.8 Å². The van der Waals surface area contributed by atoms with Crippen molar-refractivity contribution in [3.05, 3.63) is 53.1 Å². The molecule has 1 aromatic carbocycles. The molecule has 1 aliphatic carbocycles. The SMILES string of the molecule is C[C@H](Nc1cc(Cl)nc2c1cnn2C1OC2(CC(OP(=O)(O)O)C2)[C@@H](O)[C@H]1O)c1ccccc1F. The quantitative estimate of drug-likeness (QED) is 0.238. The van der Waals surface area contributed by atoms with Gasteiger partial charge in [0.15, 0.2) is 11.9 Å². The summed E-state index contributed by atoms with van der Waals surface area (Å²) in [7, 11) is -4.70. The molecule has 1 saturated carbocycles. The number of nitrogens with one attached hydrogen (secondary N) is 1. The van der Waals surface area contributed by atoms with Crippen LogP contribution in [0.1, 0.15) is 37.6 Å². The second kappa shape index (κ2) is 8.75. The smallest absolute Gasteiger partial charge is 0.387 e. The number of halogens is 2. The Kier molecular flexibility index (Phi) is 6.14. The Balaban J connectivity index is 1.42. The molecule has 35 heavy (non-hydrogen) atoms. The van der Waals surface area contributed by atoms with Gasteiger partial charge in [-0.2, -0.15) is 5.10 Å². The van der Waals surface area contributed by atoms with Gasteiger partial charge in [-0.15, -0.1) is 0 Å². The van der Waals surface area contributed by atoms with E-state index in [2.05, 4.69) is 19.9 Å². The van der Waals surface area contributed by atoms with Crippen molar-refractivity contribution in [1.29, 1.82) is 0 Å². The number of hydrogen-bond donors (Lipinski definition) is 5. The molecule has 1 aliphatic heterocycles. The highest BCUT2D eigenvalue weighted by atomic mass is 35.5. The highest BCUT2D eigenvalue weighted by Gasteiger charge is 2.62. The average molecular weight is 529 g/mol. The molecule has 1 unspecified atom stereocenters. The van der Waals surface area contributed by atoms with Crippen molar-refractivity contribution in [1.82, 2.24) is 14.8 Å². The average Bonchev–Trinajstić information content (AvgIpc) is 3.27. The van der Waals surface area contributed by atoms with Gasteiger partial charge < -0.3 is 30.1 Å². The maximum Gasteiger partial charge on any atom is 0.469 e. The van der Waals surface area contributed by atoms with Gasteiger partial charge in [0.05, 0.1) is 29.4 Å². The van der Waals surface area contributed by atoms with Gasteiger partial charge in [0, 0.05) is 18.4 Å². The highest BCUT2D eigenvalue weighted by Crippen LogP contribution is 2.54. The summed E-state index contributed by atoms with van der Waals surface area (Å²) in [5.41, 5.74) is -0.00110. The van der Waals surface area contributed by atoms with E-state index in [1.54, 1.807) is 31.2 Å². The number of phosphoric ester groups is 1. The number of aromatic nitrogens is 3. The van der Waals surface area contributed by atoms with Crippen molar-refractivity contribution >= 4 is 36.1 Å². The molecule has 14 heteroatoms. The third-order valence-electron chi connectivity index (χ3n) is 6.46. The molecule has 11 nitrogen and oxygen atoms in total. The third kappa shape index (κ3) is 4.45. The number of ether oxygens (including phenoxy) is 1. The zero-order valence-corrected chi connectivity index (χ0v) is 20.0. The standard InChI is InChI=1S/C21H23ClFN4O7P/c1-10(12-4-2-3-5-14(12)23)25-15-6-16(22)26-19-13(15)9-24-27(19)20-17(28)18(29)21(33-20)7-11(8-21)34-35(30,31)32/h2-6,9-11,17-18,20,28-29H,7-8H2,1H3,(H,25,26)(H2,30,31,32)/t10-,11?,17+,18-,20?,21?/m0/s1. The highest BCUT2D eigenvalue weighted by molar-refractivity contribution is 7.46. The van der Waals surface area contributed by atoms with Crippen LogP contribution in [0.5, 0.6) is 0 Å². The summed E-state index contributed by atoms with van der Waals surface area (Å²) in [6, 6.07) is 7.54. The molecule has 5 rings (SSSR count). The van der Waals surface area contributed by atoms with Crippen LogP contribution in [0.25, 0.3) is 11.0 Å². The zero-order valence-electron chi connectivity index (χ0n) is 18.3. The monoisotopic (exact) mass is 528 g/mol. The molecule has 2 fully saturated rings. The van der Waals surface area contributed by atoms with E-state index in [0.717, 1.165) is 0 Å². The minimum atomic E-state index is -4.70. The van der Waals surface area contributed by atoms with Crippen LogP contribution >= 0.6 is 19.4 Å². The number of aliphatic hydroxyl groups excluding tert-OH is 2.